The predicted molar refractivity (Wildman–Crippen MR) is 52.6 cm³/mol. The van der Waals surface area contributed by atoms with Crippen molar-refractivity contribution in [2.24, 2.45) is 0 Å². The fraction of sp³-hybridized carbons (Fsp3) is 0.778. The summed E-state index contributed by atoms with van der Waals surface area (Å²) in [5.41, 5.74) is 0. The van der Waals surface area contributed by atoms with Crippen molar-refractivity contribution in [1.29, 1.82) is 0 Å². The fourth-order valence-corrected chi connectivity index (χ4v) is 1.96. The summed E-state index contributed by atoms with van der Waals surface area (Å²) in [5.74, 6) is -0.391. The van der Waals surface area contributed by atoms with E-state index in [9.17, 15) is 19.8 Å². The monoisotopic (exact) mass is 246 g/mol. The van der Waals surface area contributed by atoms with Crippen molar-refractivity contribution >= 4 is 11.9 Å². The van der Waals surface area contributed by atoms with Gasteiger partial charge < -0.3 is 20.1 Å². The van der Waals surface area contributed by atoms with Crippen LogP contribution in [-0.2, 0) is 9.53 Å². The quantitative estimate of drug-likeness (QED) is 0.423. The minimum atomic E-state index is -1.30. The smallest absolute Gasteiger partial charge is 0.326 e. The van der Waals surface area contributed by atoms with Crippen molar-refractivity contribution in [3.05, 3.63) is 0 Å². The SMILES string of the molecule is O=C1CCN([C@H]2O[C@@H](CO)[C@H](O)[C@@H]2O)C(=O)N1. The number of amides is 3. The molecule has 3 amide bonds. The molecule has 0 bridgehead atoms. The number of urea groups is 1. The third-order valence-electron chi connectivity index (χ3n) is 2.91. The average molecular weight is 246 g/mol. The van der Waals surface area contributed by atoms with Crippen molar-refractivity contribution in [2.45, 2.75) is 31.0 Å². The van der Waals surface area contributed by atoms with Crippen LogP contribution in [0.2, 0.25) is 0 Å². The first-order valence-corrected chi connectivity index (χ1v) is 5.27. The fourth-order valence-electron chi connectivity index (χ4n) is 1.96. The number of rotatable bonds is 2. The van der Waals surface area contributed by atoms with Gasteiger partial charge in [0.15, 0.2) is 6.23 Å². The van der Waals surface area contributed by atoms with Crippen LogP contribution in [0.1, 0.15) is 6.42 Å². The highest BCUT2D eigenvalue weighted by Gasteiger charge is 2.47. The van der Waals surface area contributed by atoms with Crippen molar-refractivity contribution in [3.8, 4) is 0 Å². The van der Waals surface area contributed by atoms with Gasteiger partial charge in [0.25, 0.3) is 0 Å². The second-order valence-electron chi connectivity index (χ2n) is 4.03. The molecule has 2 fully saturated rings. The molecule has 17 heavy (non-hydrogen) atoms. The molecule has 2 aliphatic heterocycles. The summed E-state index contributed by atoms with van der Waals surface area (Å²) in [4.78, 5) is 23.6. The number of imide groups is 1. The second-order valence-corrected chi connectivity index (χ2v) is 4.03. The molecule has 0 radical (unpaired) electrons. The zero-order valence-corrected chi connectivity index (χ0v) is 8.94. The van der Waals surface area contributed by atoms with Crippen LogP contribution in [0.15, 0.2) is 0 Å². The Kier molecular flexibility index (Phi) is 3.29. The van der Waals surface area contributed by atoms with Gasteiger partial charge in [0.2, 0.25) is 5.91 Å². The topological polar surface area (TPSA) is 119 Å². The summed E-state index contributed by atoms with van der Waals surface area (Å²) in [5, 5.41) is 30.2. The van der Waals surface area contributed by atoms with Crippen LogP contribution in [0.5, 0.6) is 0 Å². The highest BCUT2D eigenvalue weighted by molar-refractivity contribution is 5.96. The number of aliphatic hydroxyl groups excluding tert-OH is 3. The van der Waals surface area contributed by atoms with Crippen LogP contribution in [-0.4, -0.2) is 69.8 Å². The van der Waals surface area contributed by atoms with E-state index in [-0.39, 0.29) is 13.0 Å². The number of carbonyl (C=O) groups is 2. The molecule has 0 aromatic rings. The zero-order valence-electron chi connectivity index (χ0n) is 8.94. The van der Waals surface area contributed by atoms with Gasteiger partial charge in [-0.05, 0) is 0 Å². The Morgan fingerprint density at radius 1 is 1.35 bits per heavy atom. The molecule has 4 N–H and O–H groups in total. The Morgan fingerprint density at radius 2 is 2.06 bits per heavy atom. The van der Waals surface area contributed by atoms with E-state index in [0.717, 1.165) is 4.90 Å². The van der Waals surface area contributed by atoms with E-state index in [1.165, 1.54) is 0 Å². The Balaban J connectivity index is 2.08. The molecule has 2 rings (SSSR count). The van der Waals surface area contributed by atoms with E-state index >= 15 is 0 Å². The minimum Gasteiger partial charge on any atom is -0.394 e. The molecular weight excluding hydrogens is 232 g/mol. The Labute approximate surface area is 96.8 Å². The molecule has 0 saturated carbocycles. The number of hydrogen-bond donors (Lipinski definition) is 4. The molecule has 8 heteroatoms. The van der Waals surface area contributed by atoms with Crippen LogP contribution in [0, 0.1) is 0 Å². The predicted octanol–water partition coefficient (Wildman–Crippen LogP) is -2.63. The van der Waals surface area contributed by atoms with Gasteiger partial charge in [-0.1, -0.05) is 0 Å². The summed E-state index contributed by atoms with van der Waals surface area (Å²) >= 11 is 0. The van der Waals surface area contributed by atoms with Gasteiger partial charge >= 0.3 is 6.03 Å². The van der Waals surface area contributed by atoms with E-state index < -0.39 is 43.1 Å². The number of carbonyl (C=O) groups excluding carboxylic acids is 2. The van der Waals surface area contributed by atoms with Gasteiger partial charge in [-0.25, -0.2) is 4.79 Å². The number of nitrogens with zero attached hydrogens (tertiary/aromatic N) is 1. The van der Waals surface area contributed by atoms with E-state index in [0.29, 0.717) is 0 Å². The summed E-state index contributed by atoms with van der Waals surface area (Å²) in [6, 6.07) is -0.670. The lowest BCUT2D eigenvalue weighted by Gasteiger charge is -2.32. The highest BCUT2D eigenvalue weighted by Crippen LogP contribution is 2.25. The van der Waals surface area contributed by atoms with E-state index in [1.54, 1.807) is 0 Å². The molecule has 2 aliphatic rings. The molecule has 8 nitrogen and oxygen atoms in total. The van der Waals surface area contributed by atoms with Crippen LogP contribution in [0.3, 0.4) is 0 Å². The lowest BCUT2D eigenvalue weighted by Crippen LogP contribution is -2.56. The summed E-state index contributed by atoms with van der Waals surface area (Å²) in [7, 11) is 0. The summed E-state index contributed by atoms with van der Waals surface area (Å²) in [6.07, 6.45) is -4.42. The Bertz CT molecular complexity index is 335. The summed E-state index contributed by atoms with van der Waals surface area (Å²) < 4.78 is 5.18. The molecule has 0 aromatic heterocycles. The standard InChI is InChI=1S/C9H14N2O6/c12-3-4-6(14)7(15)8(17-4)11-2-1-5(13)10-9(11)16/h4,6-8,12,14-15H,1-3H2,(H,10,13,16)/t4-,6-,7-,8-/m0/s1. The first-order chi connectivity index (χ1) is 8.04. The molecule has 96 valence electrons. The third kappa shape index (κ3) is 2.12. The van der Waals surface area contributed by atoms with Crippen LogP contribution in [0.25, 0.3) is 0 Å². The van der Waals surface area contributed by atoms with Crippen LogP contribution >= 0.6 is 0 Å². The molecule has 0 spiro atoms. The first-order valence-electron chi connectivity index (χ1n) is 5.27. The molecule has 0 aromatic carbocycles. The first kappa shape index (κ1) is 12.2. The number of hydrogen-bond acceptors (Lipinski definition) is 6. The third-order valence-corrected chi connectivity index (χ3v) is 2.91. The largest absolute Gasteiger partial charge is 0.394 e. The number of ether oxygens (including phenoxy) is 1. The van der Waals surface area contributed by atoms with Gasteiger partial charge in [0.1, 0.15) is 18.3 Å². The molecule has 2 saturated heterocycles. The van der Waals surface area contributed by atoms with Crippen LogP contribution in [0.4, 0.5) is 4.79 Å². The summed E-state index contributed by atoms with van der Waals surface area (Å²) in [6.45, 7) is -0.347. The van der Waals surface area contributed by atoms with Crippen molar-refractivity contribution < 1.29 is 29.6 Å². The molecule has 4 atom stereocenters. The zero-order chi connectivity index (χ0) is 12.6. The normalized spacial score (nSPS) is 38.4. The maximum atomic E-state index is 11.5. The van der Waals surface area contributed by atoms with Gasteiger partial charge in [-0.3, -0.25) is 15.0 Å². The minimum absolute atomic E-state index is 0.108. The van der Waals surface area contributed by atoms with Gasteiger partial charge in [0.05, 0.1) is 6.61 Å². The van der Waals surface area contributed by atoms with Crippen LogP contribution < -0.4 is 5.32 Å². The Hall–Kier alpha value is -1.22. The molecule has 2 heterocycles. The maximum absolute atomic E-state index is 11.5. The van der Waals surface area contributed by atoms with Gasteiger partial charge in [-0.15, -0.1) is 0 Å². The number of aliphatic hydroxyl groups is 3. The van der Waals surface area contributed by atoms with Crippen molar-refractivity contribution in [1.82, 2.24) is 10.2 Å². The molecular formula is C9H14N2O6. The van der Waals surface area contributed by atoms with E-state index in [1.807, 2.05) is 0 Å². The maximum Gasteiger partial charge on any atom is 0.326 e. The Morgan fingerprint density at radius 3 is 2.59 bits per heavy atom. The molecule has 0 aliphatic carbocycles. The van der Waals surface area contributed by atoms with Gasteiger partial charge in [0, 0.05) is 13.0 Å². The number of nitrogens with one attached hydrogen (secondary N) is 1. The highest BCUT2D eigenvalue weighted by atomic mass is 16.6. The van der Waals surface area contributed by atoms with E-state index in [2.05, 4.69) is 5.32 Å². The lowest BCUT2D eigenvalue weighted by molar-refractivity contribution is -0.125. The van der Waals surface area contributed by atoms with E-state index in [4.69, 9.17) is 9.84 Å². The van der Waals surface area contributed by atoms with Crippen molar-refractivity contribution in [3.63, 3.8) is 0 Å². The average Bonchev–Trinajstić information content (AvgIpc) is 2.57. The van der Waals surface area contributed by atoms with Crippen molar-refractivity contribution in [2.75, 3.05) is 13.2 Å². The molecule has 0 unspecified atom stereocenters. The van der Waals surface area contributed by atoms with Gasteiger partial charge in [-0.2, -0.15) is 0 Å². The lowest BCUT2D eigenvalue weighted by atomic mass is 10.1. The second kappa shape index (κ2) is 4.57.